The van der Waals surface area contributed by atoms with Crippen LogP contribution in [0.15, 0.2) is 0 Å². The third-order valence-corrected chi connectivity index (χ3v) is 2.02. The van der Waals surface area contributed by atoms with Gasteiger partial charge in [0, 0.05) is 25.6 Å². The van der Waals surface area contributed by atoms with Gasteiger partial charge >= 0.3 is 0 Å². The normalized spacial score (nSPS) is 18.2. The summed E-state index contributed by atoms with van der Waals surface area (Å²) in [5.41, 5.74) is 0. The first kappa shape index (κ1) is 9.48. The predicted octanol–water partition coefficient (Wildman–Crippen LogP) is -1.00. The molecule has 0 aromatic carbocycles. The molecule has 0 saturated carbocycles. The molecular formula is C8H16N2O2. The lowest BCUT2D eigenvalue weighted by Gasteiger charge is -2.38. The molecule has 12 heavy (non-hydrogen) atoms. The number of carbonyl (C=O) groups is 1. The van der Waals surface area contributed by atoms with Gasteiger partial charge < -0.3 is 14.9 Å². The van der Waals surface area contributed by atoms with Crippen molar-refractivity contribution in [2.45, 2.75) is 0 Å². The molecule has 1 aliphatic rings. The van der Waals surface area contributed by atoms with Gasteiger partial charge in [-0.15, -0.1) is 0 Å². The summed E-state index contributed by atoms with van der Waals surface area (Å²) >= 11 is 0. The summed E-state index contributed by atoms with van der Waals surface area (Å²) in [5.74, 6) is 0.473. The zero-order valence-corrected chi connectivity index (χ0v) is 7.66. The molecule has 1 N–H and O–H groups in total. The first-order chi connectivity index (χ1) is 5.63. The van der Waals surface area contributed by atoms with E-state index < -0.39 is 0 Å². The predicted molar refractivity (Wildman–Crippen MR) is 45.7 cm³/mol. The molecule has 1 aliphatic heterocycles. The average molecular weight is 172 g/mol. The van der Waals surface area contributed by atoms with Gasteiger partial charge in [0.05, 0.1) is 6.54 Å². The third kappa shape index (κ3) is 2.19. The molecule has 0 radical (unpaired) electrons. The fourth-order valence-corrected chi connectivity index (χ4v) is 1.26. The summed E-state index contributed by atoms with van der Waals surface area (Å²) in [6, 6.07) is 0. The van der Waals surface area contributed by atoms with Crippen molar-refractivity contribution in [1.82, 2.24) is 9.80 Å². The number of rotatable bonds is 3. The zero-order chi connectivity index (χ0) is 9.14. The highest BCUT2D eigenvalue weighted by molar-refractivity contribution is 5.79. The number of nitrogens with zero attached hydrogens (tertiary/aromatic N) is 2. The fraction of sp³-hybridized carbons (Fsp3) is 0.875. The highest BCUT2D eigenvalue weighted by atomic mass is 16.3. The lowest BCUT2D eigenvalue weighted by Crippen LogP contribution is -2.53. The van der Waals surface area contributed by atoms with Crippen LogP contribution in [0.3, 0.4) is 0 Å². The topological polar surface area (TPSA) is 43.8 Å². The standard InChI is InChI=1S/C8H16N2O2/c1-9(2)5-8(12)10-3-7(4-10)6-11/h7,11H,3-6H2,1-2H3. The van der Waals surface area contributed by atoms with Crippen molar-refractivity contribution >= 4 is 5.91 Å². The van der Waals surface area contributed by atoms with Gasteiger partial charge in [-0.25, -0.2) is 0 Å². The Morgan fingerprint density at radius 1 is 1.58 bits per heavy atom. The van der Waals surface area contributed by atoms with E-state index in [1.54, 1.807) is 4.90 Å². The van der Waals surface area contributed by atoms with Gasteiger partial charge in [-0.3, -0.25) is 4.79 Å². The smallest absolute Gasteiger partial charge is 0.236 e. The minimum absolute atomic E-state index is 0.157. The van der Waals surface area contributed by atoms with E-state index in [4.69, 9.17) is 5.11 Å². The molecule has 0 bridgehead atoms. The summed E-state index contributed by atoms with van der Waals surface area (Å²) in [6.45, 7) is 2.12. The Morgan fingerprint density at radius 3 is 2.58 bits per heavy atom. The Bertz CT molecular complexity index is 164. The molecule has 1 heterocycles. The van der Waals surface area contributed by atoms with Crippen LogP contribution in [0.4, 0.5) is 0 Å². The number of carbonyl (C=O) groups excluding carboxylic acids is 1. The summed E-state index contributed by atoms with van der Waals surface area (Å²) < 4.78 is 0. The Balaban J connectivity index is 2.19. The maximum atomic E-state index is 11.3. The molecule has 0 atom stereocenters. The van der Waals surface area contributed by atoms with Crippen molar-refractivity contribution in [3.8, 4) is 0 Å². The zero-order valence-electron chi connectivity index (χ0n) is 7.66. The second-order valence-corrected chi connectivity index (χ2v) is 3.59. The van der Waals surface area contributed by atoms with Crippen LogP contribution in [0.5, 0.6) is 0 Å². The highest BCUT2D eigenvalue weighted by Gasteiger charge is 2.29. The molecule has 1 saturated heterocycles. The van der Waals surface area contributed by atoms with Gasteiger partial charge in [-0.1, -0.05) is 0 Å². The molecule has 1 fully saturated rings. The van der Waals surface area contributed by atoms with E-state index >= 15 is 0 Å². The number of hydrogen-bond acceptors (Lipinski definition) is 3. The van der Waals surface area contributed by atoms with Crippen molar-refractivity contribution in [2.24, 2.45) is 5.92 Å². The lowest BCUT2D eigenvalue weighted by molar-refractivity contribution is -0.139. The maximum Gasteiger partial charge on any atom is 0.236 e. The SMILES string of the molecule is CN(C)CC(=O)N1CC(CO)C1. The summed E-state index contributed by atoms with van der Waals surface area (Å²) in [4.78, 5) is 14.9. The van der Waals surface area contributed by atoms with Gasteiger partial charge in [0.25, 0.3) is 0 Å². The number of aliphatic hydroxyl groups is 1. The Morgan fingerprint density at radius 2 is 2.17 bits per heavy atom. The van der Waals surface area contributed by atoms with Crippen molar-refractivity contribution in [3.63, 3.8) is 0 Å². The van der Waals surface area contributed by atoms with Crippen molar-refractivity contribution in [2.75, 3.05) is 40.3 Å². The highest BCUT2D eigenvalue weighted by Crippen LogP contribution is 2.14. The fourth-order valence-electron chi connectivity index (χ4n) is 1.26. The van der Waals surface area contributed by atoms with Crippen LogP contribution >= 0.6 is 0 Å². The number of likely N-dealkylation sites (tertiary alicyclic amines) is 1. The number of amides is 1. The third-order valence-electron chi connectivity index (χ3n) is 2.02. The van der Waals surface area contributed by atoms with Crippen molar-refractivity contribution in [3.05, 3.63) is 0 Å². The molecule has 1 amide bonds. The second kappa shape index (κ2) is 3.87. The van der Waals surface area contributed by atoms with Crippen LogP contribution in [0.2, 0.25) is 0 Å². The average Bonchev–Trinajstić information content (AvgIpc) is 1.82. The van der Waals surface area contributed by atoms with E-state index in [0.717, 1.165) is 13.1 Å². The van der Waals surface area contributed by atoms with Crippen LogP contribution in [0.1, 0.15) is 0 Å². The monoisotopic (exact) mass is 172 g/mol. The quantitative estimate of drug-likeness (QED) is 0.594. The van der Waals surface area contributed by atoms with Gasteiger partial charge in [0.1, 0.15) is 0 Å². The van der Waals surface area contributed by atoms with Crippen LogP contribution < -0.4 is 0 Å². The van der Waals surface area contributed by atoms with Gasteiger partial charge in [-0.05, 0) is 14.1 Å². The van der Waals surface area contributed by atoms with E-state index in [1.807, 2.05) is 19.0 Å². The molecule has 4 heteroatoms. The van der Waals surface area contributed by atoms with Gasteiger partial charge in [-0.2, -0.15) is 0 Å². The van der Waals surface area contributed by atoms with Crippen LogP contribution in [-0.4, -0.2) is 61.2 Å². The number of aliphatic hydroxyl groups excluding tert-OH is 1. The number of hydrogen-bond donors (Lipinski definition) is 1. The Labute approximate surface area is 72.8 Å². The van der Waals surface area contributed by atoms with Gasteiger partial charge in [0.2, 0.25) is 5.91 Å². The van der Waals surface area contributed by atoms with Crippen LogP contribution in [-0.2, 0) is 4.79 Å². The molecule has 0 spiro atoms. The van der Waals surface area contributed by atoms with Crippen molar-refractivity contribution < 1.29 is 9.90 Å². The summed E-state index contributed by atoms with van der Waals surface area (Å²) in [6.07, 6.45) is 0. The second-order valence-electron chi connectivity index (χ2n) is 3.59. The Hall–Kier alpha value is -0.610. The molecule has 0 aliphatic carbocycles. The van der Waals surface area contributed by atoms with Gasteiger partial charge in [0.15, 0.2) is 0 Å². The van der Waals surface area contributed by atoms with Crippen LogP contribution in [0.25, 0.3) is 0 Å². The molecule has 0 unspecified atom stereocenters. The molecule has 0 aromatic rings. The lowest BCUT2D eigenvalue weighted by atomic mass is 10.0. The van der Waals surface area contributed by atoms with Crippen molar-refractivity contribution in [1.29, 1.82) is 0 Å². The molecule has 70 valence electrons. The Kier molecular flexibility index (Phi) is 3.05. The molecule has 0 aromatic heterocycles. The van der Waals surface area contributed by atoms with E-state index in [9.17, 15) is 4.79 Å². The van der Waals surface area contributed by atoms with E-state index in [0.29, 0.717) is 12.5 Å². The minimum atomic E-state index is 0.157. The van der Waals surface area contributed by atoms with E-state index in [1.165, 1.54) is 0 Å². The first-order valence-corrected chi connectivity index (χ1v) is 4.17. The minimum Gasteiger partial charge on any atom is -0.396 e. The molecule has 4 nitrogen and oxygen atoms in total. The van der Waals surface area contributed by atoms with Crippen LogP contribution in [0, 0.1) is 5.92 Å². The summed E-state index contributed by atoms with van der Waals surface area (Å²) in [5, 5.41) is 8.72. The molecule has 1 rings (SSSR count). The number of likely N-dealkylation sites (N-methyl/N-ethyl adjacent to an activating group) is 1. The maximum absolute atomic E-state index is 11.3. The first-order valence-electron chi connectivity index (χ1n) is 4.17. The summed E-state index contributed by atoms with van der Waals surface area (Å²) in [7, 11) is 3.75. The largest absolute Gasteiger partial charge is 0.396 e. The van der Waals surface area contributed by atoms with E-state index in [2.05, 4.69) is 0 Å². The molecular weight excluding hydrogens is 156 g/mol. The van der Waals surface area contributed by atoms with E-state index in [-0.39, 0.29) is 12.5 Å².